The highest BCUT2D eigenvalue weighted by Gasteiger charge is 2.02. The van der Waals surface area contributed by atoms with Gasteiger partial charge in [-0.05, 0) is 40.5 Å². The predicted octanol–water partition coefficient (Wildman–Crippen LogP) is 6.75. The molecule has 0 atom stereocenters. The van der Waals surface area contributed by atoms with Crippen molar-refractivity contribution < 1.29 is 4.74 Å². The minimum Gasteiger partial charge on any atom is -0.382 e. The monoisotopic (exact) mass is 308 g/mol. The molecule has 22 heavy (non-hydrogen) atoms. The van der Waals surface area contributed by atoms with Crippen LogP contribution in [0.1, 0.15) is 105 Å². The molecule has 0 amide bonds. The summed E-state index contributed by atoms with van der Waals surface area (Å²) in [6.07, 6.45) is 16.2. The molecule has 0 unspecified atom stereocenters. The fourth-order valence-corrected chi connectivity index (χ4v) is 2.48. The average Bonchev–Trinajstić information content (AvgIpc) is 2.45. The third kappa shape index (κ3) is 19.5. The zero-order valence-corrected chi connectivity index (χ0v) is 15.8. The van der Waals surface area contributed by atoms with Crippen molar-refractivity contribution in [2.45, 2.75) is 105 Å². The minimum atomic E-state index is 0.170. The highest BCUT2D eigenvalue weighted by Crippen LogP contribution is 2.13. The fraction of sp³-hybridized carbons (Fsp3) is 0.905. The maximum absolute atomic E-state index is 5.35. The van der Waals surface area contributed by atoms with Crippen LogP contribution in [0.3, 0.4) is 0 Å². The lowest BCUT2D eigenvalue weighted by molar-refractivity contribution is 0.143. The van der Waals surface area contributed by atoms with Gasteiger partial charge in [0.05, 0.1) is 0 Å². The van der Waals surface area contributed by atoms with Gasteiger partial charge in [-0.3, -0.25) is 0 Å². The van der Waals surface area contributed by atoms with Crippen LogP contribution in [0.15, 0.2) is 0 Å². The lowest BCUT2D eigenvalue weighted by Crippen LogP contribution is -1.98. The van der Waals surface area contributed by atoms with Gasteiger partial charge in [0, 0.05) is 25.0 Å². The Morgan fingerprint density at radius 1 is 0.682 bits per heavy atom. The van der Waals surface area contributed by atoms with Gasteiger partial charge in [-0.1, -0.05) is 63.7 Å². The van der Waals surface area contributed by atoms with Crippen molar-refractivity contribution in [1.29, 1.82) is 0 Å². The van der Waals surface area contributed by atoms with Gasteiger partial charge in [0.15, 0.2) is 0 Å². The average molecular weight is 309 g/mol. The van der Waals surface area contributed by atoms with Crippen molar-refractivity contribution in [3.05, 3.63) is 0 Å². The zero-order valence-electron chi connectivity index (χ0n) is 15.8. The number of hydrogen-bond donors (Lipinski definition) is 0. The molecule has 1 nitrogen and oxygen atoms in total. The molecule has 0 aliphatic rings. The van der Waals surface area contributed by atoms with E-state index in [1.165, 1.54) is 70.6 Å². The maximum atomic E-state index is 5.35. The van der Waals surface area contributed by atoms with E-state index in [1.54, 1.807) is 0 Å². The van der Waals surface area contributed by atoms with Gasteiger partial charge in [-0.25, -0.2) is 0 Å². The van der Waals surface area contributed by atoms with E-state index in [0.717, 1.165) is 19.6 Å². The van der Waals surface area contributed by atoms with Crippen molar-refractivity contribution in [2.75, 3.05) is 13.2 Å². The number of unbranched alkanes of at least 4 members (excludes halogenated alkanes) is 11. The van der Waals surface area contributed by atoms with Gasteiger partial charge in [0.2, 0.25) is 0 Å². The molecule has 0 saturated heterocycles. The van der Waals surface area contributed by atoms with Gasteiger partial charge in [0.1, 0.15) is 0 Å². The summed E-state index contributed by atoms with van der Waals surface area (Å²) in [6.45, 7) is 10.4. The second-order valence-electron chi connectivity index (χ2n) is 7.39. The van der Waals surface area contributed by atoms with Crippen LogP contribution in [0, 0.1) is 17.3 Å². The van der Waals surface area contributed by atoms with E-state index < -0.39 is 0 Å². The molecule has 0 N–H and O–H groups in total. The smallest absolute Gasteiger partial charge is 0.0465 e. The van der Waals surface area contributed by atoms with Gasteiger partial charge >= 0.3 is 0 Å². The highest BCUT2D eigenvalue weighted by molar-refractivity contribution is 5.06. The summed E-state index contributed by atoms with van der Waals surface area (Å²) >= 11 is 0. The molecule has 1 heteroatoms. The Bertz CT molecular complexity index is 277. The molecule has 0 spiro atoms. The Morgan fingerprint density at radius 2 is 1.14 bits per heavy atom. The van der Waals surface area contributed by atoms with Crippen molar-refractivity contribution in [2.24, 2.45) is 5.41 Å². The second-order valence-corrected chi connectivity index (χ2v) is 7.39. The lowest BCUT2D eigenvalue weighted by atomic mass is 9.97. The van der Waals surface area contributed by atoms with Crippen LogP contribution in [0.5, 0.6) is 0 Å². The van der Waals surface area contributed by atoms with Crippen LogP contribution < -0.4 is 0 Å². The van der Waals surface area contributed by atoms with E-state index in [4.69, 9.17) is 4.74 Å². The van der Waals surface area contributed by atoms with Crippen molar-refractivity contribution in [1.82, 2.24) is 0 Å². The van der Waals surface area contributed by atoms with E-state index in [-0.39, 0.29) is 5.41 Å². The number of rotatable bonds is 14. The van der Waals surface area contributed by atoms with E-state index >= 15 is 0 Å². The normalized spacial score (nSPS) is 11.3. The molecule has 0 aromatic heterocycles. The first-order valence-corrected chi connectivity index (χ1v) is 9.64. The second kappa shape index (κ2) is 15.4. The molecule has 0 bridgehead atoms. The SMILES string of the molecule is CCOCCCCCCCCCCCCCC#CC(C)(C)C. The molecule has 0 radical (unpaired) electrons. The molecule has 0 aliphatic heterocycles. The molecule has 0 rings (SSSR count). The Kier molecular flexibility index (Phi) is 15.1. The third-order valence-corrected chi connectivity index (χ3v) is 3.76. The van der Waals surface area contributed by atoms with E-state index in [2.05, 4.69) is 39.5 Å². The lowest BCUT2D eigenvalue weighted by Gasteiger charge is -2.06. The molecule has 0 saturated carbocycles. The molecule has 0 aliphatic carbocycles. The molecule has 0 aromatic carbocycles. The Labute approximate surface area is 140 Å². The summed E-state index contributed by atoms with van der Waals surface area (Å²) in [5.74, 6) is 6.62. The zero-order chi connectivity index (χ0) is 16.5. The van der Waals surface area contributed by atoms with Gasteiger partial charge in [0.25, 0.3) is 0 Å². The van der Waals surface area contributed by atoms with Gasteiger partial charge in [-0.15, -0.1) is 5.92 Å². The van der Waals surface area contributed by atoms with Crippen LogP contribution in [0.4, 0.5) is 0 Å². The van der Waals surface area contributed by atoms with Crippen LogP contribution in [-0.4, -0.2) is 13.2 Å². The fourth-order valence-electron chi connectivity index (χ4n) is 2.48. The van der Waals surface area contributed by atoms with Gasteiger partial charge < -0.3 is 4.74 Å². The Morgan fingerprint density at radius 3 is 1.59 bits per heavy atom. The van der Waals surface area contributed by atoms with E-state index in [0.29, 0.717) is 0 Å². The molecular formula is C21H40O. The third-order valence-electron chi connectivity index (χ3n) is 3.76. The predicted molar refractivity (Wildman–Crippen MR) is 99.1 cm³/mol. The topological polar surface area (TPSA) is 9.23 Å². The molecular weight excluding hydrogens is 268 g/mol. The summed E-state index contributed by atoms with van der Waals surface area (Å²) in [4.78, 5) is 0. The molecule has 130 valence electrons. The number of hydrogen-bond acceptors (Lipinski definition) is 1. The van der Waals surface area contributed by atoms with Crippen LogP contribution in [0.25, 0.3) is 0 Å². The van der Waals surface area contributed by atoms with Crippen LogP contribution in [0.2, 0.25) is 0 Å². The van der Waals surface area contributed by atoms with E-state index in [1.807, 2.05) is 0 Å². The van der Waals surface area contributed by atoms with Crippen molar-refractivity contribution in [3.8, 4) is 11.8 Å². The van der Waals surface area contributed by atoms with Crippen LogP contribution in [-0.2, 0) is 4.74 Å². The summed E-state index contributed by atoms with van der Waals surface area (Å²) in [6, 6.07) is 0. The first-order valence-electron chi connectivity index (χ1n) is 9.64. The molecule has 0 fully saturated rings. The van der Waals surface area contributed by atoms with Crippen molar-refractivity contribution >= 4 is 0 Å². The van der Waals surface area contributed by atoms with E-state index in [9.17, 15) is 0 Å². The largest absolute Gasteiger partial charge is 0.382 e. The molecule has 0 aromatic rings. The van der Waals surface area contributed by atoms with Crippen molar-refractivity contribution in [3.63, 3.8) is 0 Å². The number of ether oxygens (including phenoxy) is 1. The first kappa shape index (κ1) is 21.5. The quantitative estimate of drug-likeness (QED) is 0.254. The standard InChI is InChI=1S/C21H40O/c1-5-22-20-18-16-14-12-10-8-6-7-9-11-13-15-17-19-21(2,3)4/h5-16,18,20H2,1-4H3. The summed E-state index contributed by atoms with van der Waals surface area (Å²) in [7, 11) is 0. The Hall–Kier alpha value is -0.480. The summed E-state index contributed by atoms with van der Waals surface area (Å²) in [5, 5.41) is 0. The maximum Gasteiger partial charge on any atom is 0.0465 e. The van der Waals surface area contributed by atoms with Crippen LogP contribution >= 0.6 is 0 Å². The minimum absolute atomic E-state index is 0.170. The summed E-state index contributed by atoms with van der Waals surface area (Å²) < 4.78 is 5.35. The molecule has 0 heterocycles. The Balaban J connectivity index is 3.10. The van der Waals surface area contributed by atoms with Gasteiger partial charge in [-0.2, -0.15) is 0 Å². The highest BCUT2D eigenvalue weighted by atomic mass is 16.5. The summed E-state index contributed by atoms with van der Waals surface area (Å²) in [5.41, 5.74) is 0.170. The first-order chi connectivity index (χ1) is 10.6.